The second-order valence-corrected chi connectivity index (χ2v) is 4.70. The van der Waals surface area contributed by atoms with Crippen LogP contribution in [-0.2, 0) is 14.4 Å². The highest BCUT2D eigenvalue weighted by atomic mass is 16.6. The van der Waals surface area contributed by atoms with Gasteiger partial charge in [0.1, 0.15) is 0 Å². The lowest BCUT2D eigenvalue weighted by Crippen LogP contribution is -2.37. The van der Waals surface area contributed by atoms with Crippen LogP contribution in [0.1, 0.15) is 25.3 Å². The predicted octanol–water partition coefficient (Wildman–Crippen LogP) is 0.822. The molecular formula is C15H19N3O3. The molecule has 6 heteroatoms. The van der Waals surface area contributed by atoms with Gasteiger partial charge in [-0.05, 0) is 12.5 Å². The molecule has 0 saturated carbocycles. The second-order valence-electron chi connectivity index (χ2n) is 4.70. The number of carbonyl (C=O) groups excluding carboxylic acids is 2. The van der Waals surface area contributed by atoms with E-state index in [0.29, 0.717) is 19.5 Å². The Balaban J connectivity index is 1.75. The number of hydrogen-bond acceptors (Lipinski definition) is 4. The Labute approximate surface area is 123 Å². The first-order valence-corrected chi connectivity index (χ1v) is 7.03. The highest BCUT2D eigenvalue weighted by molar-refractivity contribution is 6.04. The van der Waals surface area contributed by atoms with E-state index in [9.17, 15) is 9.59 Å². The molecule has 1 heterocycles. The van der Waals surface area contributed by atoms with Gasteiger partial charge < -0.3 is 15.5 Å². The number of oxime groups is 1. The summed E-state index contributed by atoms with van der Waals surface area (Å²) in [4.78, 5) is 28.3. The third kappa shape index (κ3) is 4.30. The molecule has 1 atom stereocenters. The van der Waals surface area contributed by atoms with Crippen molar-refractivity contribution >= 4 is 17.5 Å². The fourth-order valence-electron chi connectivity index (χ4n) is 2.02. The summed E-state index contributed by atoms with van der Waals surface area (Å²) in [6.07, 6.45) is 0.0878. The van der Waals surface area contributed by atoms with Gasteiger partial charge in [-0.1, -0.05) is 35.5 Å². The SMILES string of the molecule is CCNC(=O)CCNC(=O)C1CC(c2ccccc2)=NO1. The van der Waals surface area contributed by atoms with Gasteiger partial charge in [-0.15, -0.1) is 0 Å². The first-order valence-electron chi connectivity index (χ1n) is 7.03. The van der Waals surface area contributed by atoms with Crippen molar-refractivity contribution in [1.29, 1.82) is 0 Å². The summed E-state index contributed by atoms with van der Waals surface area (Å²) >= 11 is 0. The van der Waals surface area contributed by atoms with Crippen molar-refractivity contribution in [2.45, 2.75) is 25.9 Å². The van der Waals surface area contributed by atoms with E-state index in [0.717, 1.165) is 11.3 Å². The normalized spacial score (nSPS) is 16.8. The number of carbonyl (C=O) groups is 2. The van der Waals surface area contributed by atoms with Crippen LogP contribution in [0.15, 0.2) is 35.5 Å². The van der Waals surface area contributed by atoms with Gasteiger partial charge in [-0.3, -0.25) is 9.59 Å². The standard InChI is InChI=1S/C15H19N3O3/c1-2-16-14(19)8-9-17-15(20)13-10-12(18-21-13)11-6-4-3-5-7-11/h3-7,13H,2,8-10H2,1H3,(H,16,19)(H,17,20). The maximum Gasteiger partial charge on any atom is 0.264 e. The minimum Gasteiger partial charge on any atom is -0.382 e. The van der Waals surface area contributed by atoms with E-state index in [1.54, 1.807) is 0 Å². The van der Waals surface area contributed by atoms with Gasteiger partial charge in [0, 0.05) is 25.9 Å². The second kappa shape index (κ2) is 7.42. The Morgan fingerprint density at radius 1 is 1.29 bits per heavy atom. The molecule has 2 amide bonds. The molecule has 2 N–H and O–H groups in total. The van der Waals surface area contributed by atoms with Crippen molar-refractivity contribution in [2.75, 3.05) is 13.1 Å². The lowest BCUT2D eigenvalue weighted by atomic mass is 10.0. The zero-order chi connectivity index (χ0) is 15.1. The van der Waals surface area contributed by atoms with Crippen LogP contribution in [0.5, 0.6) is 0 Å². The first kappa shape index (κ1) is 15.0. The topological polar surface area (TPSA) is 79.8 Å². The van der Waals surface area contributed by atoms with Crippen molar-refractivity contribution in [1.82, 2.24) is 10.6 Å². The average Bonchev–Trinajstić information content (AvgIpc) is 2.98. The quantitative estimate of drug-likeness (QED) is 0.813. The Hall–Kier alpha value is -2.37. The average molecular weight is 289 g/mol. The van der Waals surface area contributed by atoms with Gasteiger partial charge in [0.25, 0.3) is 5.91 Å². The molecule has 0 saturated heterocycles. The maximum atomic E-state index is 11.9. The number of nitrogens with one attached hydrogen (secondary N) is 2. The summed E-state index contributed by atoms with van der Waals surface area (Å²) in [5, 5.41) is 9.32. The molecule has 112 valence electrons. The Morgan fingerprint density at radius 3 is 2.76 bits per heavy atom. The van der Waals surface area contributed by atoms with Crippen molar-refractivity contribution in [3.63, 3.8) is 0 Å². The summed E-state index contributed by atoms with van der Waals surface area (Å²) in [7, 11) is 0. The summed E-state index contributed by atoms with van der Waals surface area (Å²) in [6, 6.07) is 9.61. The third-order valence-corrected chi connectivity index (χ3v) is 3.09. The fraction of sp³-hybridized carbons (Fsp3) is 0.400. The zero-order valence-corrected chi connectivity index (χ0v) is 12.0. The Morgan fingerprint density at radius 2 is 2.05 bits per heavy atom. The molecule has 0 spiro atoms. The number of rotatable bonds is 6. The van der Waals surface area contributed by atoms with E-state index in [1.807, 2.05) is 37.3 Å². The molecule has 1 aliphatic heterocycles. The lowest BCUT2D eigenvalue weighted by molar-refractivity contribution is -0.131. The van der Waals surface area contributed by atoms with Crippen LogP contribution in [0, 0.1) is 0 Å². The highest BCUT2D eigenvalue weighted by Gasteiger charge is 2.28. The number of nitrogens with zero attached hydrogens (tertiary/aromatic N) is 1. The van der Waals surface area contributed by atoms with E-state index in [2.05, 4.69) is 15.8 Å². The number of benzene rings is 1. The van der Waals surface area contributed by atoms with Crippen LogP contribution in [0.25, 0.3) is 0 Å². The van der Waals surface area contributed by atoms with E-state index >= 15 is 0 Å². The third-order valence-electron chi connectivity index (χ3n) is 3.09. The minimum absolute atomic E-state index is 0.0774. The summed E-state index contributed by atoms with van der Waals surface area (Å²) in [5.74, 6) is -0.319. The van der Waals surface area contributed by atoms with Crippen LogP contribution < -0.4 is 10.6 Å². The van der Waals surface area contributed by atoms with Gasteiger partial charge in [0.15, 0.2) is 0 Å². The van der Waals surface area contributed by atoms with Crippen LogP contribution in [0.2, 0.25) is 0 Å². The molecule has 1 unspecified atom stereocenters. The van der Waals surface area contributed by atoms with Gasteiger partial charge in [0.2, 0.25) is 12.0 Å². The molecule has 2 rings (SSSR count). The monoisotopic (exact) mass is 289 g/mol. The van der Waals surface area contributed by atoms with Gasteiger partial charge in [0.05, 0.1) is 5.71 Å². The fourth-order valence-corrected chi connectivity index (χ4v) is 2.02. The first-order chi connectivity index (χ1) is 10.2. The molecule has 0 bridgehead atoms. The van der Waals surface area contributed by atoms with Crippen LogP contribution in [0.3, 0.4) is 0 Å². The largest absolute Gasteiger partial charge is 0.382 e. The van der Waals surface area contributed by atoms with E-state index in [-0.39, 0.29) is 18.2 Å². The van der Waals surface area contributed by atoms with Gasteiger partial charge in [-0.2, -0.15) is 0 Å². The van der Waals surface area contributed by atoms with Crippen molar-refractivity contribution in [3.8, 4) is 0 Å². The smallest absolute Gasteiger partial charge is 0.264 e. The van der Waals surface area contributed by atoms with E-state index in [1.165, 1.54) is 0 Å². The molecule has 0 aliphatic carbocycles. The summed E-state index contributed by atoms with van der Waals surface area (Å²) < 4.78 is 0. The van der Waals surface area contributed by atoms with Crippen LogP contribution >= 0.6 is 0 Å². The molecule has 0 fully saturated rings. The zero-order valence-electron chi connectivity index (χ0n) is 12.0. The maximum absolute atomic E-state index is 11.9. The summed E-state index contributed by atoms with van der Waals surface area (Å²) in [5.41, 5.74) is 1.72. The Kier molecular flexibility index (Phi) is 5.31. The Bertz CT molecular complexity index is 528. The molecule has 1 aromatic carbocycles. The predicted molar refractivity (Wildman–Crippen MR) is 78.8 cm³/mol. The molecule has 21 heavy (non-hydrogen) atoms. The van der Waals surface area contributed by atoms with Crippen molar-refractivity contribution < 1.29 is 14.4 Å². The highest BCUT2D eigenvalue weighted by Crippen LogP contribution is 2.16. The van der Waals surface area contributed by atoms with Crippen molar-refractivity contribution in [2.24, 2.45) is 5.16 Å². The van der Waals surface area contributed by atoms with E-state index in [4.69, 9.17) is 4.84 Å². The number of hydrogen-bond donors (Lipinski definition) is 2. The number of amides is 2. The minimum atomic E-state index is -0.616. The van der Waals surface area contributed by atoms with E-state index < -0.39 is 6.10 Å². The molecule has 0 aromatic heterocycles. The van der Waals surface area contributed by atoms with Crippen LogP contribution in [0.4, 0.5) is 0 Å². The molecule has 0 radical (unpaired) electrons. The van der Waals surface area contributed by atoms with Gasteiger partial charge >= 0.3 is 0 Å². The molecule has 6 nitrogen and oxygen atoms in total. The lowest BCUT2D eigenvalue weighted by Gasteiger charge is -2.09. The molecule has 1 aliphatic rings. The van der Waals surface area contributed by atoms with Gasteiger partial charge in [-0.25, -0.2) is 0 Å². The summed E-state index contributed by atoms with van der Waals surface area (Å²) in [6.45, 7) is 2.74. The van der Waals surface area contributed by atoms with Crippen molar-refractivity contribution in [3.05, 3.63) is 35.9 Å². The van der Waals surface area contributed by atoms with Crippen LogP contribution in [-0.4, -0.2) is 36.7 Å². The molecule has 1 aromatic rings. The molecular weight excluding hydrogens is 270 g/mol.